The van der Waals surface area contributed by atoms with Gasteiger partial charge >= 0.3 is 11.9 Å². The highest BCUT2D eigenvalue weighted by Gasteiger charge is 2.25. The van der Waals surface area contributed by atoms with Crippen LogP contribution < -0.4 is 4.90 Å². The lowest BCUT2D eigenvalue weighted by Crippen LogP contribution is -2.37. The summed E-state index contributed by atoms with van der Waals surface area (Å²) in [6.45, 7) is 0.164. The Bertz CT molecular complexity index is 831. The first-order chi connectivity index (χ1) is 12.6. The molecule has 0 spiro atoms. The first kappa shape index (κ1) is 18.1. The van der Waals surface area contributed by atoms with Crippen molar-refractivity contribution in [2.24, 2.45) is 0 Å². The van der Waals surface area contributed by atoms with Crippen molar-refractivity contribution in [3.63, 3.8) is 0 Å². The summed E-state index contributed by atoms with van der Waals surface area (Å²) in [6.07, 6.45) is 0.0648. The summed E-state index contributed by atoms with van der Waals surface area (Å²) >= 11 is 1.49. The molecule has 0 unspecified atom stereocenters. The molecule has 0 radical (unpaired) electrons. The van der Waals surface area contributed by atoms with Gasteiger partial charge in [0.1, 0.15) is 12.4 Å². The monoisotopic (exact) mass is 375 g/mol. The van der Waals surface area contributed by atoms with Crippen LogP contribution in [0.15, 0.2) is 45.7 Å². The topological polar surface area (TPSA) is 86.0 Å². The highest BCUT2D eigenvalue weighted by molar-refractivity contribution is 8.00. The van der Waals surface area contributed by atoms with Gasteiger partial charge in [-0.1, -0.05) is 12.1 Å². The van der Waals surface area contributed by atoms with E-state index in [1.165, 1.54) is 24.9 Å². The van der Waals surface area contributed by atoms with Crippen LogP contribution in [0.4, 0.5) is 5.69 Å². The van der Waals surface area contributed by atoms with E-state index >= 15 is 0 Å². The van der Waals surface area contributed by atoms with Gasteiger partial charge in [0, 0.05) is 11.4 Å². The number of carbonyl (C=O) groups excluding carboxylic acids is 3. The number of rotatable bonds is 6. The first-order valence-corrected chi connectivity index (χ1v) is 8.92. The predicted molar refractivity (Wildman–Crippen MR) is 94.0 cm³/mol. The molecule has 26 heavy (non-hydrogen) atoms. The van der Waals surface area contributed by atoms with E-state index in [-0.39, 0.29) is 31.2 Å². The number of amides is 1. The average molecular weight is 375 g/mol. The van der Waals surface area contributed by atoms with E-state index in [9.17, 15) is 14.4 Å². The molecule has 0 N–H and O–H groups in total. The Morgan fingerprint density at radius 3 is 2.85 bits per heavy atom. The number of nitrogens with zero attached hydrogens (tertiary/aromatic N) is 1. The van der Waals surface area contributed by atoms with Crippen molar-refractivity contribution < 1.29 is 28.3 Å². The van der Waals surface area contributed by atoms with Gasteiger partial charge in [0.25, 0.3) is 0 Å². The Morgan fingerprint density at radius 1 is 1.23 bits per heavy atom. The number of fused-ring (bicyclic) bond motifs is 1. The molecule has 2 aromatic rings. The average Bonchev–Trinajstić information content (AvgIpc) is 3.14. The molecule has 0 bridgehead atoms. The van der Waals surface area contributed by atoms with Crippen molar-refractivity contribution >= 4 is 35.3 Å². The third kappa shape index (κ3) is 4.08. The van der Waals surface area contributed by atoms with Gasteiger partial charge in [-0.05, 0) is 24.3 Å². The minimum atomic E-state index is -0.595. The van der Waals surface area contributed by atoms with Crippen LogP contribution in [0.2, 0.25) is 0 Å². The third-order valence-electron chi connectivity index (χ3n) is 3.77. The number of carbonyl (C=O) groups is 3. The van der Waals surface area contributed by atoms with Gasteiger partial charge in [-0.2, -0.15) is 0 Å². The number of para-hydroxylation sites is 1. The Balaban J connectivity index is 1.52. The molecule has 136 valence electrons. The second-order valence-electron chi connectivity index (χ2n) is 5.47. The lowest BCUT2D eigenvalue weighted by Gasteiger charge is -2.28. The van der Waals surface area contributed by atoms with Crippen LogP contribution in [0.25, 0.3) is 0 Å². The molecule has 1 amide bonds. The summed E-state index contributed by atoms with van der Waals surface area (Å²) in [5, 5.41) is 0. The molecule has 0 aliphatic carbocycles. The molecule has 8 heteroatoms. The lowest BCUT2D eigenvalue weighted by atomic mass is 10.2. The highest BCUT2D eigenvalue weighted by Crippen LogP contribution is 2.34. The molecule has 0 saturated carbocycles. The van der Waals surface area contributed by atoms with Gasteiger partial charge in [0.2, 0.25) is 11.7 Å². The van der Waals surface area contributed by atoms with Gasteiger partial charge in [-0.25, -0.2) is 4.79 Å². The van der Waals surface area contributed by atoms with Crippen molar-refractivity contribution in [1.82, 2.24) is 0 Å². The molecular formula is C18H17NO6S. The van der Waals surface area contributed by atoms with Crippen LogP contribution >= 0.6 is 11.8 Å². The molecule has 1 aliphatic rings. The number of furan rings is 1. The van der Waals surface area contributed by atoms with Crippen LogP contribution in [0.1, 0.15) is 22.7 Å². The number of anilines is 1. The molecule has 2 heterocycles. The number of benzene rings is 1. The van der Waals surface area contributed by atoms with Gasteiger partial charge in [-0.3, -0.25) is 9.59 Å². The summed E-state index contributed by atoms with van der Waals surface area (Å²) in [5.74, 6) is -0.335. The van der Waals surface area contributed by atoms with E-state index in [0.717, 1.165) is 10.6 Å². The summed E-state index contributed by atoms with van der Waals surface area (Å²) in [6, 6.07) is 10.6. The molecular weight excluding hydrogens is 358 g/mol. The normalized spacial score (nSPS) is 13.3. The summed E-state index contributed by atoms with van der Waals surface area (Å²) in [7, 11) is 1.25. The Kier molecular flexibility index (Phi) is 5.62. The summed E-state index contributed by atoms with van der Waals surface area (Å²) < 4.78 is 14.9. The molecule has 3 rings (SSSR count). The molecule has 0 atom stereocenters. The molecule has 7 nitrogen and oxygen atoms in total. The minimum Gasteiger partial charge on any atom is -0.463 e. The minimum absolute atomic E-state index is 0.0322. The second kappa shape index (κ2) is 8.09. The van der Waals surface area contributed by atoms with Crippen LogP contribution in [-0.2, 0) is 25.7 Å². The van der Waals surface area contributed by atoms with Crippen LogP contribution in [0.3, 0.4) is 0 Å². The Labute approximate surface area is 154 Å². The number of methoxy groups -OCH3 is 1. The number of esters is 2. The largest absolute Gasteiger partial charge is 0.463 e. The van der Waals surface area contributed by atoms with Crippen LogP contribution in [-0.4, -0.2) is 37.3 Å². The fourth-order valence-corrected chi connectivity index (χ4v) is 3.43. The molecule has 1 aliphatic heterocycles. The van der Waals surface area contributed by atoms with Crippen molar-refractivity contribution in [2.45, 2.75) is 17.9 Å². The zero-order chi connectivity index (χ0) is 18.5. The number of thioether (sulfide) groups is 1. The van der Waals surface area contributed by atoms with Crippen molar-refractivity contribution in [1.29, 1.82) is 0 Å². The van der Waals surface area contributed by atoms with E-state index < -0.39 is 11.9 Å². The SMILES string of the molecule is COC(=O)c1ccc(COC(=O)CCN2C(=O)CSc3ccccc32)o1. The van der Waals surface area contributed by atoms with Crippen molar-refractivity contribution in [2.75, 3.05) is 24.3 Å². The van der Waals surface area contributed by atoms with E-state index in [0.29, 0.717) is 11.5 Å². The Morgan fingerprint density at radius 2 is 2.04 bits per heavy atom. The zero-order valence-electron chi connectivity index (χ0n) is 14.1. The maximum atomic E-state index is 12.1. The van der Waals surface area contributed by atoms with E-state index in [1.54, 1.807) is 11.0 Å². The fourth-order valence-electron chi connectivity index (χ4n) is 2.49. The van der Waals surface area contributed by atoms with E-state index in [1.807, 2.05) is 24.3 Å². The van der Waals surface area contributed by atoms with Crippen molar-refractivity contribution in [3.8, 4) is 0 Å². The molecule has 0 saturated heterocycles. The summed E-state index contributed by atoms with van der Waals surface area (Å²) in [4.78, 5) is 38.1. The second-order valence-corrected chi connectivity index (χ2v) is 6.49. The first-order valence-electron chi connectivity index (χ1n) is 7.93. The van der Waals surface area contributed by atoms with E-state index in [2.05, 4.69) is 4.74 Å². The maximum absolute atomic E-state index is 12.1. The highest BCUT2D eigenvalue weighted by atomic mass is 32.2. The zero-order valence-corrected chi connectivity index (χ0v) is 14.9. The number of ether oxygens (including phenoxy) is 2. The lowest BCUT2D eigenvalue weighted by molar-refractivity contribution is -0.145. The predicted octanol–water partition coefficient (Wildman–Crippen LogP) is 2.64. The number of hydrogen-bond acceptors (Lipinski definition) is 7. The number of hydrogen-bond donors (Lipinski definition) is 0. The van der Waals surface area contributed by atoms with Gasteiger partial charge in [0.05, 0.1) is 25.0 Å². The smallest absolute Gasteiger partial charge is 0.373 e. The van der Waals surface area contributed by atoms with E-state index in [4.69, 9.17) is 9.15 Å². The quantitative estimate of drug-likeness (QED) is 0.718. The van der Waals surface area contributed by atoms with Crippen LogP contribution in [0, 0.1) is 0 Å². The maximum Gasteiger partial charge on any atom is 0.373 e. The third-order valence-corrected chi connectivity index (χ3v) is 4.82. The summed E-state index contributed by atoms with van der Waals surface area (Å²) in [5.41, 5.74) is 0.815. The van der Waals surface area contributed by atoms with Gasteiger partial charge in [-0.15, -0.1) is 11.8 Å². The molecule has 1 aromatic heterocycles. The fraction of sp³-hybridized carbons (Fsp3) is 0.278. The standard InChI is InChI=1S/C18H17NO6S/c1-23-18(22)14-7-6-12(25-14)10-24-17(21)8-9-19-13-4-2-3-5-15(13)26-11-16(19)20/h2-7H,8-11H2,1H3. The van der Waals surface area contributed by atoms with Gasteiger partial charge < -0.3 is 18.8 Å². The van der Waals surface area contributed by atoms with Gasteiger partial charge in [0.15, 0.2) is 0 Å². The van der Waals surface area contributed by atoms with Crippen molar-refractivity contribution in [3.05, 3.63) is 47.9 Å². The molecule has 0 fully saturated rings. The Hall–Kier alpha value is -2.74. The molecule has 1 aromatic carbocycles. The van der Waals surface area contributed by atoms with Crippen LogP contribution in [0.5, 0.6) is 0 Å².